The number of benzene rings is 3. The van der Waals surface area contributed by atoms with E-state index in [2.05, 4.69) is 0 Å². The molecule has 0 bridgehead atoms. The fourth-order valence-corrected chi connectivity index (χ4v) is 3.47. The van der Waals surface area contributed by atoms with E-state index in [0.717, 1.165) is 27.3 Å². The Labute approximate surface area is 144 Å². The SMILES string of the molecule is COc1ccc(/C(=C/S(=O)c2ccccc2)c2ccccc2)cc1. The molecule has 0 aliphatic rings. The van der Waals surface area contributed by atoms with E-state index in [1.165, 1.54) is 0 Å². The van der Waals surface area contributed by atoms with Crippen molar-refractivity contribution in [1.82, 2.24) is 0 Å². The third-order valence-corrected chi connectivity index (χ3v) is 4.87. The van der Waals surface area contributed by atoms with E-state index in [1.54, 1.807) is 7.11 Å². The fraction of sp³-hybridized carbons (Fsp3) is 0.0476. The lowest BCUT2D eigenvalue weighted by Crippen LogP contribution is -1.93. The van der Waals surface area contributed by atoms with E-state index < -0.39 is 10.8 Å². The van der Waals surface area contributed by atoms with Crippen molar-refractivity contribution in [1.29, 1.82) is 0 Å². The molecule has 0 saturated carbocycles. The van der Waals surface area contributed by atoms with Crippen LogP contribution in [0.4, 0.5) is 0 Å². The van der Waals surface area contributed by atoms with Crippen LogP contribution in [-0.4, -0.2) is 11.3 Å². The summed E-state index contributed by atoms with van der Waals surface area (Å²) in [5, 5.41) is 1.81. The lowest BCUT2D eigenvalue weighted by Gasteiger charge is -2.10. The van der Waals surface area contributed by atoms with Gasteiger partial charge in [-0.3, -0.25) is 0 Å². The monoisotopic (exact) mass is 334 g/mol. The van der Waals surface area contributed by atoms with Crippen LogP contribution < -0.4 is 4.74 Å². The first-order chi connectivity index (χ1) is 11.8. The summed E-state index contributed by atoms with van der Waals surface area (Å²) >= 11 is 0. The van der Waals surface area contributed by atoms with Gasteiger partial charge >= 0.3 is 0 Å². The van der Waals surface area contributed by atoms with Crippen LogP contribution in [0.25, 0.3) is 5.57 Å². The number of rotatable bonds is 5. The zero-order valence-corrected chi connectivity index (χ0v) is 14.2. The van der Waals surface area contributed by atoms with Crippen LogP contribution >= 0.6 is 0 Å². The van der Waals surface area contributed by atoms with E-state index >= 15 is 0 Å². The van der Waals surface area contributed by atoms with Crippen molar-refractivity contribution in [3.05, 3.63) is 101 Å². The number of hydrogen-bond acceptors (Lipinski definition) is 2. The van der Waals surface area contributed by atoms with Crippen molar-refractivity contribution in [2.45, 2.75) is 4.90 Å². The molecule has 0 aliphatic heterocycles. The molecule has 3 heteroatoms. The second-order valence-electron chi connectivity index (χ2n) is 5.24. The minimum absolute atomic E-state index is 0.791. The maximum absolute atomic E-state index is 12.7. The minimum atomic E-state index is -1.21. The van der Waals surface area contributed by atoms with Crippen LogP contribution in [-0.2, 0) is 10.8 Å². The number of ether oxygens (including phenoxy) is 1. The summed E-state index contributed by atoms with van der Waals surface area (Å²) in [7, 11) is 0.431. The van der Waals surface area contributed by atoms with E-state index in [4.69, 9.17) is 4.74 Å². The highest BCUT2D eigenvalue weighted by Gasteiger charge is 2.08. The van der Waals surface area contributed by atoms with Crippen LogP contribution in [0.3, 0.4) is 0 Å². The standard InChI is InChI=1S/C21H18O2S/c1-23-19-14-12-18(13-15-19)21(17-8-4-2-5-9-17)16-24(22)20-10-6-3-7-11-20/h2-16H,1H3/b21-16+. The van der Waals surface area contributed by atoms with Gasteiger partial charge in [0.15, 0.2) is 0 Å². The van der Waals surface area contributed by atoms with E-state index in [-0.39, 0.29) is 0 Å². The van der Waals surface area contributed by atoms with Crippen molar-refractivity contribution >= 4 is 16.4 Å². The largest absolute Gasteiger partial charge is 0.497 e. The van der Waals surface area contributed by atoms with Crippen molar-refractivity contribution in [3.8, 4) is 5.75 Å². The molecule has 1 atom stereocenters. The molecule has 0 radical (unpaired) electrons. The Morgan fingerprint density at radius 1 is 0.792 bits per heavy atom. The molecule has 0 fully saturated rings. The van der Waals surface area contributed by atoms with E-state index in [1.807, 2.05) is 90.3 Å². The van der Waals surface area contributed by atoms with Crippen LogP contribution in [0.5, 0.6) is 5.75 Å². The van der Waals surface area contributed by atoms with Gasteiger partial charge in [-0.1, -0.05) is 60.7 Å². The van der Waals surface area contributed by atoms with Gasteiger partial charge < -0.3 is 4.74 Å². The lowest BCUT2D eigenvalue weighted by molar-refractivity contribution is 0.415. The summed E-state index contributed by atoms with van der Waals surface area (Å²) in [5.74, 6) is 0.801. The van der Waals surface area contributed by atoms with Gasteiger partial charge in [-0.05, 0) is 41.0 Å². The van der Waals surface area contributed by atoms with Crippen LogP contribution in [0.15, 0.2) is 95.2 Å². The van der Waals surface area contributed by atoms with Gasteiger partial charge in [0.25, 0.3) is 0 Å². The zero-order chi connectivity index (χ0) is 16.8. The van der Waals surface area contributed by atoms with Gasteiger partial charge in [0.2, 0.25) is 0 Å². The molecule has 3 aromatic carbocycles. The predicted molar refractivity (Wildman–Crippen MR) is 99.4 cm³/mol. The topological polar surface area (TPSA) is 26.3 Å². The third-order valence-electron chi connectivity index (χ3n) is 3.69. The first-order valence-electron chi connectivity index (χ1n) is 7.65. The van der Waals surface area contributed by atoms with Gasteiger partial charge in [0.05, 0.1) is 17.9 Å². The highest BCUT2D eigenvalue weighted by Crippen LogP contribution is 2.26. The Morgan fingerprint density at radius 2 is 1.33 bits per heavy atom. The molecule has 0 heterocycles. The summed E-state index contributed by atoms with van der Waals surface area (Å²) in [6, 6.07) is 27.3. The molecule has 3 rings (SSSR count). The quantitative estimate of drug-likeness (QED) is 0.664. The first-order valence-corrected chi connectivity index (χ1v) is 8.86. The molecule has 0 amide bonds. The molecule has 24 heavy (non-hydrogen) atoms. The molecular formula is C21H18O2S. The number of methoxy groups -OCH3 is 1. The maximum Gasteiger partial charge on any atom is 0.118 e. The van der Waals surface area contributed by atoms with Crippen LogP contribution in [0.2, 0.25) is 0 Å². The zero-order valence-electron chi connectivity index (χ0n) is 13.4. The Hall–Kier alpha value is -2.65. The van der Waals surface area contributed by atoms with Crippen LogP contribution in [0.1, 0.15) is 11.1 Å². The highest BCUT2D eigenvalue weighted by molar-refractivity contribution is 7.88. The second kappa shape index (κ2) is 7.75. The molecule has 1 unspecified atom stereocenters. The van der Waals surface area contributed by atoms with Crippen LogP contribution in [0, 0.1) is 0 Å². The molecule has 0 aromatic heterocycles. The molecule has 0 spiro atoms. The maximum atomic E-state index is 12.7. The van der Waals surface area contributed by atoms with Gasteiger partial charge in [-0.2, -0.15) is 0 Å². The molecule has 0 saturated heterocycles. The molecule has 0 N–H and O–H groups in total. The third kappa shape index (κ3) is 3.81. The van der Waals surface area contributed by atoms with Gasteiger partial charge in [-0.15, -0.1) is 0 Å². The first kappa shape index (κ1) is 16.2. The molecule has 3 aromatic rings. The molecule has 0 aliphatic carbocycles. The molecular weight excluding hydrogens is 316 g/mol. The summed E-state index contributed by atoms with van der Waals surface area (Å²) < 4.78 is 18.0. The van der Waals surface area contributed by atoms with Crippen molar-refractivity contribution in [2.24, 2.45) is 0 Å². The highest BCUT2D eigenvalue weighted by atomic mass is 32.2. The Kier molecular flexibility index (Phi) is 5.24. The molecule has 120 valence electrons. The average molecular weight is 334 g/mol. The van der Waals surface area contributed by atoms with E-state index in [9.17, 15) is 4.21 Å². The normalized spacial score (nSPS) is 12.6. The van der Waals surface area contributed by atoms with Gasteiger partial charge in [-0.25, -0.2) is 4.21 Å². The lowest BCUT2D eigenvalue weighted by atomic mass is 10.00. The minimum Gasteiger partial charge on any atom is -0.497 e. The van der Waals surface area contributed by atoms with Crippen molar-refractivity contribution in [3.63, 3.8) is 0 Å². The summed E-state index contributed by atoms with van der Waals surface area (Å²) in [4.78, 5) is 0.791. The van der Waals surface area contributed by atoms with Gasteiger partial charge in [0.1, 0.15) is 5.75 Å². The molecule has 2 nitrogen and oxygen atoms in total. The predicted octanol–water partition coefficient (Wildman–Crippen LogP) is 4.89. The second-order valence-corrected chi connectivity index (χ2v) is 6.54. The van der Waals surface area contributed by atoms with E-state index in [0.29, 0.717) is 0 Å². The Bertz CT molecular complexity index is 838. The summed E-state index contributed by atoms with van der Waals surface area (Å²) in [6.45, 7) is 0. The summed E-state index contributed by atoms with van der Waals surface area (Å²) in [6.07, 6.45) is 0. The smallest absolute Gasteiger partial charge is 0.118 e. The summed E-state index contributed by atoms with van der Waals surface area (Å²) in [5.41, 5.74) is 2.98. The fourth-order valence-electron chi connectivity index (χ4n) is 2.42. The average Bonchev–Trinajstić information content (AvgIpc) is 2.67. The Morgan fingerprint density at radius 3 is 1.92 bits per heavy atom. The van der Waals surface area contributed by atoms with Gasteiger partial charge in [0, 0.05) is 10.3 Å². The number of hydrogen-bond donors (Lipinski definition) is 0. The van der Waals surface area contributed by atoms with Crippen molar-refractivity contribution < 1.29 is 8.95 Å². The Balaban J connectivity index is 2.05. The van der Waals surface area contributed by atoms with Crippen molar-refractivity contribution in [2.75, 3.05) is 7.11 Å².